The number of hydrogen-bond donors (Lipinski definition) is 0. The molecule has 202 valence electrons. The first-order valence-electron chi connectivity index (χ1n) is 14.0. The highest BCUT2D eigenvalue weighted by Crippen LogP contribution is 2.38. The Balaban J connectivity index is 1.41. The van der Waals surface area contributed by atoms with Gasteiger partial charge in [0.25, 0.3) is 6.71 Å². The van der Waals surface area contributed by atoms with Crippen molar-refractivity contribution in [2.45, 2.75) is 0 Å². The second-order valence-corrected chi connectivity index (χ2v) is 11.5. The summed E-state index contributed by atoms with van der Waals surface area (Å²) < 4.78 is 67.0. The van der Waals surface area contributed by atoms with E-state index in [-0.39, 0.29) is 6.71 Å². The number of nitrogens with zero attached hydrogens (tertiary/aromatic N) is 4. The SMILES string of the molecule is Fc1cc2cc3n4c5c(cccc5n3c2cc1F)B1c2c-4cccc2-n2c3ccccc3n3c4cc(F)c(F)cc4c1c23. The standard InChI is InChI=1S/C34H15BF4N4/c36-19-11-16-12-30-40(28(16)14-21(19)38)27-10-3-5-18-33(27)43(30)26-9-4-8-25-32(26)35(18)31-17-13-20(37)22(39)15-29(17)42-24-7-2-1-6-23(24)41(25)34(31)42/h1-15H. The summed E-state index contributed by atoms with van der Waals surface area (Å²) in [6, 6.07) is 27.2. The number of para-hydroxylation sites is 3. The van der Waals surface area contributed by atoms with Gasteiger partial charge in [0, 0.05) is 34.3 Å². The Morgan fingerprint density at radius 2 is 1.19 bits per heavy atom. The fourth-order valence-electron chi connectivity index (χ4n) is 8.09. The summed E-state index contributed by atoms with van der Waals surface area (Å²) in [5.41, 5.74) is 11.4. The van der Waals surface area contributed by atoms with Crippen LogP contribution >= 0.6 is 0 Å². The average Bonchev–Trinajstić information content (AvgIpc) is 3.72. The van der Waals surface area contributed by atoms with Crippen LogP contribution < -0.4 is 16.4 Å². The number of hydrogen-bond acceptors (Lipinski definition) is 0. The van der Waals surface area contributed by atoms with Crippen molar-refractivity contribution in [1.29, 1.82) is 0 Å². The van der Waals surface area contributed by atoms with Crippen molar-refractivity contribution < 1.29 is 17.6 Å². The van der Waals surface area contributed by atoms with E-state index < -0.39 is 23.3 Å². The second kappa shape index (κ2) is 6.95. The molecule has 4 aromatic heterocycles. The maximum absolute atomic E-state index is 15.0. The summed E-state index contributed by atoms with van der Waals surface area (Å²) in [6.07, 6.45) is 0. The lowest BCUT2D eigenvalue weighted by atomic mass is 9.34. The third kappa shape index (κ3) is 2.31. The maximum atomic E-state index is 15.0. The molecule has 4 nitrogen and oxygen atoms in total. The zero-order chi connectivity index (χ0) is 28.5. The Hall–Kier alpha value is -5.44. The number of halogens is 4. The van der Waals surface area contributed by atoms with Gasteiger partial charge in [-0.05, 0) is 64.9 Å². The quantitative estimate of drug-likeness (QED) is 0.157. The van der Waals surface area contributed by atoms with Gasteiger partial charge in [0.05, 0.1) is 33.1 Å². The second-order valence-electron chi connectivity index (χ2n) is 11.5. The molecule has 9 aromatic rings. The predicted octanol–water partition coefficient (Wildman–Crippen LogP) is 6.09. The lowest BCUT2D eigenvalue weighted by Gasteiger charge is -2.32. The molecule has 0 atom stereocenters. The van der Waals surface area contributed by atoms with Crippen LogP contribution in [0.4, 0.5) is 17.6 Å². The first-order chi connectivity index (χ1) is 21.0. The van der Waals surface area contributed by atoms with E-state index in [1.165, 1.54) is 24.3 Å². The van der Waals surface area contributed by atoms with Gasteiger partial charge in [-0.25, -0.2) is 17.6 Å². The van der Waals surface area contributed by atoms with E-state index in [0.717, 1.165) is 61.1 Å². The van der Waals surface area contributed by atoms with Crippen molar-refractivity contribution in [2.24, 2.45) is 0 Å². The zero-order valence-electron chi connectivity index (χ0n) is 22.0. The molecule has 0 saturated heterocycles. The topological polar surface area (TPSA) is 18.7 Å². The number of fused-ring (bicyclic) bond motifs is 15. The minimum atomic E-state index is -0.902. The van der Waals surface area contributed by atoms with Crippen LogP contribution in [-0.4, -0.2) is 24.6 Å². The molecule has 0 N–H and O–H groups in total. The van der Waals surface area contributed by atoms with E-state index in [4.69, 9.17) is 0 Å². The van der Waals surface area contributed by atoms with Gasteiger partial charge in [-0.3, -0.25) is 17.9 Å². The molecule has 2 aliphatic rings. The summed E-state index contributed by atoms with van der Waals surface area (Å²) >= 11 is 0. The van der Waals surface area contributed by atoms with Crippen molar-refractivity contribution in [3.63, 3.8) is 0 Å². The molecule has 0 amide bonds. The Morgan fingerprint density at radius 1 is 0.512 bits per heavy atom. The maximum Gasteiger partial charge on any atom is 0.255 e. The smallest absolute Gasteiger partial charge is 0.255 e. The minimum Gasteiger partial charge on any atom is -0.295 e. The molecule has 11 rings (SSSR count). The first-order valence-corrected chi connectivity index (χ1v) is 14.0. The van der Waals surface area contributed by atoms with Gasteiger partial charge in [-0.2, -0.15) is 0 Å². The fourth-order valence-corrected chi connectivity index (χ4v) is 8.09. The van der Waals surface area contributed by atoms with Crippen molar-refractivity contribution in [2.75, 3.05) is 0 Å². The third-order valence-electron chi connectivity index (χ3n) is 9.59. The summed E-state index contributed by atoms with van der Waals surface area (Å²) in [6.45, 7) is -0.281. The molecular weight excluding hydrogens is 551 g/mol. The normalized spacial score (nSPS) is 13.5. The summed E-state index contributed by atoms with van der Waals surface area (Å²) in [4.78, 5) is 0. The van der Waals surface area contributed by atoms with Crippen LogP contribution in [0.3, 0.4) is 0 Å². The van der Waals surface area contributed by atoms with E-state index in [1.807, 2.05) is 57.3 Å². The van der Waals surface area contributed by atoms with Gasteiger partial charge in [-0.1, -0.05) is 30.3 Å². The third-order valence-corrected chi connectivity index (χ3v) is 9.59. The molecule has 0 radical (unpaired) electrons. The Labute approximate surface area is 239 Å². The Bertz CT molecular complexity index is 2800. The highest BCUT2D eigenvalue weighted by molar-refractivity contribution is 7.01. The Morgan fingerprint density at radius 3 is 2.02 bits per heavy atom. The van der Waals surface area contributed by atoms with Gasteiger partial charge < -0.3 is 0 Å². The average molecular weight is 566 g/mol. The van der Waals surface area contributed by atoms with E-state index in [2.05, 4.69) is 27.3 Å². The lowest BCUT2D eigenvalue weighted by molar-refractivity contribution is 0.511. The highest BCUT2D eigenvalue weighted by Gasteiger charge is 2.43. The molecule has 0 bridgehead atoms. The van der Waals surface area contributed by atoms with Gasteiger partial charge in [-0.15, -0.1) is 0 Å². The molecule has 0 saturated carbocycles. The van der Waals surface area contributed by atoms with Crippen LogP contribution in [0, 0.1) is 23.3 Å². The Kier molecular flexibility index (Phi) is 3.59. The molecule has 6 heterocycles. The summed E-state index contributed by atoms with van der Waals surface area (Å²) in [5.74, 6) is -3.57. The molecule has 5 aromatic carbocycles. The van der Waals surface area contributed by atoms with Crippen molar-refractivity contribution in [3.05, 3.63) is 114 Å². The molecule has 43 heavy (non-hydrogen) atoms. The monoisotopic (exact) mass is 566 g/mol. The molecule has 2 aliphatic heterocycles. The first kappa shape index (κ1) is 22.2. The molecule has 0 aliphatic carbocycles. The van der Waals surface area contributed by atoms with Crippen LogP contribution in [0.2, 0.25) is 0 Å². The lowest BCUT2D eigenvalue weighted by Crippen LogP contribution is -2.59. The van der Waals surface area contributed by atoms with Crippen molar-refractivity contribution >= 4 is 78.3 Å². The van der Waals surface area contributed by atoms with Crippen LogP contribution in [-0.2, 0) is 0 Å². The zero-order valence-corrected chi connectivity index (χ0v) is 22.0. The van der Waals surface area contributed by atoms with Gasteiger partial charge in [0.2, 0.25) is 0 Å². The minimum absolute atomic E-state index is 0.281. The largest absolute Gasteiger partial charge is 0.295 e. The van der Waals surface area contributed by atoms with Crippen LogP contribution in [0.1, 0.15) is 0 Å². The summed E-state index contributed by atoms with van der Waals surface area (Å²) in [7, 11) is 0. The highest BCUT2D eigenvalue weighted by atomic mass is 19.2. The number of imidazole rings is 2. The van der Waals surface area contributed by atoms with Crippen LogP contribution in [0.25, 0.3) is 66.5 Å². The van der Waals surface area contributed by atoms with Crippen LogP contribution in [0.15, 0.2) is 91.0 Å². The molecule has 0 fully saturated rings. The molecule has 0 spiro atoms. The van der Waals surface area contributed by atoms with Crippen molar-refractivity contribution in [3.8, 4) is 11.4 Å². The van der Waals surface area contributed by atoms with Gasteiger partial charge in [0.1, 0.15) is 11.3 Å². The van der Waals surface area contributed by atoms with E-state index in [0.29, 0.717) is 21.8 Å². The molecule has 0 unspecified atom stereocenters. The molecular formula is C34H15BF4N4. The molecule has 9 heteroatoms. The van der Waals surface area contributed by atoms with E-state index in [1.54, 1.807) is 0 Å². The van der Waals surface area contributed by atoms with Crippen LogP contribution in [0.5, 0.6) is 0 Å². The summed E-state index contributed by atoms with van der Waals surface area (Å²) in [5, 5.41) is 1.26. The number of benzene rings is 5. The van der Waals surface area contributed by atoms with E-state index >= 15 is 0 Å². The van der Waals surface area contributed by atoms with Crippen molar-refractivity contribution in [1.82, 2.24) is 17.9 Å². The van der Waals surface area contributed by atoms with Gasteiger partial charge >= 0.3 is 0 Å². The predicted molar refractivity (Wildman–Crippen MR) is 162 cm³/mol. The fraction of sp³-hybridized carbons (Fsp3) is 0. The number of rotatable bonds is 0. The van der Waals surface area contributed by atoms with Gasteiger partial charge in [0.15, 0.2) is 23.3 Å². The van der Waals surface area contributed by atoms with E-state index in [9.17, 15) is 17.6 Å². The number of aromatic nitrogens is 4.